The van der Waals surface area contributed by atoms with Crippen LogP contribution in [0, 0.1) is 19.7 Å². The van der Waals surface area contributed by atoms with Gasteiger partial charge < -0.3 is 10.1 Å². The quantitative estimate of drug-likeness (QED) is 0.829. The van der Waals surface area contributed by atoms with Crippen LogP contribution in [0.15, 0.2) is 36.4 Å². The molecule has 1 fully saturated rings. The van der Waals surface area contributed by atoms with E-state index in [0.29, 0.717) is 17.8 Å². The second kappa shape index (κ2) is 9.17. The predicted octanol–water partition coefficient (Wildman–Crippen LogP) is 3.21. The van der Waals surface area contributed by atoms with Gasteiger partial charge in [-0.25, -0.2) is 4.39 Å². The third kappa shape index (κ3) is 5.30. The number of nitrogens with zero attached hydrogens (tertiary/aromatic N) is 2. The van der Waals surface area contributed by atoms with E-state index in [4.69, 9.17) is 4.74 Å². The number of benzene rings is 2. The summed E-state index contributed by atoms with van der Waals surface area (Å²) in [4.78, 5) is 16.8. The highest BCUT2D eigenvalue weighted by molar-refractivity contribution is 5.92. The molecule has 2 aromatic rings. The highest BCUT2D eigenvalue weighted by Crippen LogP contribution is 2.22. The van der Waals surface area contributed by atoms with Crippen LogP contribution in [0.4, 0.5) is 10.1 Å². The SMILES string of the molecule is COc1ccc(C)cc1CN1CCN(CC(=O)Nc2ccc(C)c(F)c2)CC1. The minimum absolute atomic E-state index is 0.114. The summed E-state index contributed by atoms with van der Waals surface area (Å²) in [5, 5.41) is 2.78. The number of rotatable bonds is 6. The fourth-order valence-electron chi connectivity index (χ4n) is 3.45. The summed E-state index contributed by atoms with van der Waals surface area (Å²) in [6, 6.07) is 11.0. The van der Waals surface area contributed by atoms with E-state index in [2.05, 4.69) is 34.2 Å². The monoisotopic (exact) mass is 385 g/mol. The van der Waals surface area contributed by atoms with Crippen LogP contribution in [0.3, 0.4) is 0 Å². The van der Waals surface area contributed by atoms with Crippen LogP contribution in [-0.4, -0.2) is 55.5 Å². The molecule has 0 aromatic heterocycles. The molecule has 0 aliphatic carbocycles. The van der Waals surface area contributed by atoms with Crippen molar-refractivity contribution in [1.29, 1.82) is 0 Å². The van der Waals surface area contributed by atoms with Gasteiger partial charge >= 0.3 is 0 Å². The Morgan fingerprint density at radius 2 is 1.79 bits per heavy atom. The Labute approximate surface area is 166 Å². The van der Waals surface area contributed by atoms with Gasteiger partial charge in [0, 0.05) is 44.0 Å². The maximum absolute atomic E-state index is 13.6. The zero-order valence-electron chi connectivity index (χ0n) is 16.8. The second-order valence-electron chi connectivity index (χ2n) is 7.38. The number of piperazine rings is 1. The van der Waals surface area contributed by atoms with Crippen LogP contribution in [0.2, 0.25) is 0 Å². The molecule has 0 atom stereocenters. The topological polar surface area (TPSA) is 44.8 Å². The Morgan fingerprint density at radius 1 is 1.07 bits per heavy atom. The number of halogens is 1. The van der Waals surface area contributed by atoms with Gasteiger partial charge in [0.2, 0.25) is 5.91 Å². The number of aryl methyl sites for hydroxylation is 2. The van der Waals surface area contributed by atoms with Crippen molar-refractivity contribution in [2.24, 2.45) is 0 Å². The highest BCUT2D eigenvalue weighted by atomic mass is 19.1. The molecule has 1 aliphatic rings. The maximum atomic E-state index is 13.6. The molecule has 1 aliphatic heterocycles. The van der Waals surface area contributed by atoms with Crippen LogP contribution in [0.25, 0.3) is 0 Å². The van der Waals surface area contributed by atoms with Crippen molar-refractivity contribution in [3.63, 3.8) is 0 Å². The third-order valence-corrected chi connectivity index (χ3v) is 5.12. The van der Waals surface area contributed by atoms with E-state index >= 15 is 0 Å². The zero-order chi connectivity index (χ0) is 20.1. The van der Waals surface area contributed by atoms with E-state index in [-0.39, 0.29) is 11.7 Å². The molecule has 3 rings (SSSR count). The van der Waals surface area contributed by atoms with Gasteiger partial charge in [0.05, 0.1) is 13.7 Å². The molecule has 6 heteroatoms. The van der Waals surface area contributed by atoms with Gasteiger partial charge in [0.15, 0.2) is 0 Å². The summed E-state index contributed by atoms with van der Waals surface area (Å²) in [5.41, 5.74) is 3.48. The summed E-state index contributed by atoms with van der Waals surface area (Å²) in [5.74, 6) is 0.493. The molecular weight excluding hydrogens is 357 g/mol. The first kappa shape index (κ1) is 20.3. The largest absolute Gasteiger partial charge is 0.496 e. The molecule has 1 saturated heterocycles. The molecule has 0 unspecified atom stereocenters. The smallest absolute Gasteiger partial charge is 0.238 e. The average molecular weight is 385 g/mol. The fourth-order valence-corrected chi connectivity index (χ4v) is 3.45. The molecule has 0 bridgehead atoms. The molecule has 150 valence electrons. The Morgan fingerprint density at radius 3 is 2.46 bits per heavy atom. The first-order valence-corrected chi connectivity index (χ1v) is 9.59. The van der Waals surface area contributed by atoms with Crippen LogP contribution in [0.5, 0.6) is 5.75 Å². The number of ether oxygens (including phenoxy) is 1. The normalized spacial score (nSPS) is 15.4. The van der Waals surface area contributed by atoms with Gasteiger partial charge in [0.1, 0.15) is 11.6 Å². The van der Waals surface area contributed by atoms with E-state index in [1.165, 1.54) is 17.2 Å². The number of carbonyl (C=O) groups is 1. The number of carbonyl (C=O) groups excluding carboxylic acids is 1. The van der Waals surface area contributed by atoms with Crippen molar-refractivity contribution in [2.45, 2.75) is 20.4 Å². The van der Waals surface area contributed by atoms with Crippen molar-refractivity contribution in [2.75, 3.05) is 45.2 Å². The second-order valence-corrected chi connectivity index (χ2v) is 7.38. The zero-order valence-corrected chi connectivity index (χ0v) is 16.8. The van der Waals surface area contributed by atoms with Crippen LogP contribution < -0.4 is 10.1 Å². The molecule has 5 nitrogen and oxygen atoms in total. The molecule has 0 radical (unpaired) electrons. The van der Waals surface area contributed by atoms with Crippen LogP contribution >= 0.6 is 0 Å². The minimum atomic E-state index is -0.307. The number of methoxy groups -OCH3 is 1. The van der Waals surface area contributed by atoms with E-state index < -0.39 is 0 Å². The van der Waals surface area contributed by atoms with Crippen molar-refractivity contribution in [3.05, 3.63) is 58.9 Å². The van der Waals surface area contributed by atoms with Gasteiger partial charge in [-0.1, -0.05) is 23.8 Å². The van der Waals surface area contributed by atoms with Gasteiger partial charge in [-0.05, 0) is 37.6 Å². The summed E-state index contributed by atoms with van der Waals surface area (Å²) in [6.45, 7) is 8.37. The summed E-state index contributed by atoms with van der Waals surface area (Å²) in [7, 11) is 1.70. The van der Waals surface area contributed by atoms with Crippen LogP contribution in [-0.2, 0) is 11.3 Å². The summed E-state index contributed by atoms with van der Waals surface area (Å²) >= 11 is 0. The molecule has 1 N–H and O–H groups in total. The Balaban J connectivity index is 1.48. The van der Waals surface area contributed by atoms with E-state index in [9.17, 15) is 9.18 Å². The number of hydrogen-bond acceptors (Lipinski definition) is 4. The minimum Gasteiger partial charge on any atom is -0.496 e. The van der Waals surface area contributed by atoms with Crippen LogP contribution in [0.1, 0.15) is 16.7 Å². The standard InChI is InChI=1S/C22H28FN3O2/c1-16-4-7-21(28-3)18(12-16)14-25-8-10-26(11-9-25)15-22(27)24-19-6-5-17(2)20(23)13-19/h4-7,12-13H,8-11,14-15H2,1-3H3,(H,24,27). The molecule has 2 aromatic carbocycles. The van der Waals surface area contributed by atoms with E-state index in [1.807, 2.05) is 6.07 Å². The van der Waals surface area contributed by atoms with Gasteiger partial charge in [0.25, 0.3) is 0 Å². The highest BCUT2D eigenvalue weighted by Gasteiger charge is 2.20. The van der Waals surface area contributed by atoms with Crippen molar-refractivity contribution >= 4 is 11.6 Å². The first-order valence-electron chi connectivity index (χ1n) is 9.59. The molecule has 28 heavy (non-hydrogen) atoms. The van der Waals surface area contributed by atoms with Gasteiger partial charge in [-0.2, -0.15) is 0 Å². The van der Waals surface area contributed by atoms with Crippen molar-refractivity contribution in [1.82, 2.24) is 9.80 Å². The molecule has 0 spiro atoms. The summed E-state index contributed by atoms with van der Waals surface area (Å²) < 4.78 is 19.1. The fraction of sp³-hybridized carbons (Fsp3) is 0.409. The molecular formula is C22H28FN3O2. The number of amides is 1. The predicted molar refractivity (Wildman–Crippen MR) is 109 cm³/mol. The van der Waals surface area contributed by atoms with Crippen molar-refractivity contribution < 1.29 is 13.9 Å². The van der Waals surface area contributed by atoms with Gasteiger partial charge in [-0.15, -0.1) is 0 Å². The van der Waals surface area contributed by atoms with Crippen molar-refractivity contribution in [3.8, 4) is 5.75 Å². The molecule has 1 heterocycles. The van der Waals surface area contributed by atoms with E-state index in [0.717, 1.165) is 38.5 Å². The lowest BCUT2D eigenvalue weighted by atomic mass is 10.1. The number of nitrogens with one attached hydrogen (secondary N) is 1. The van der Waals surface area contributed by atoms with E-state index in [1.54, 1.807) is 26.2 Å². The average Bonchev–Trinajstić information content (AvgIpc) is 2.66. The lowest BCUT2D eigenvalue weighted by Gasteiger charge is -2.34. The van der Waals surface area contributed by atoms with Gasteiger partial charge in [-0.3, -0.25) is 14.6 Å². The lowest BCUT2D eigenvalue weighted by Crippen LogP contribution is -2.48. The Bertz CT molecular complexity index is 833. The molecule has 1 amide bonds. The first-order chi connectivity index (χ1) is 13.4. The lowest BCUT2D eigenvalue weighted by molar-refractivity contribution is -0.117. The molecule has 0 saturated carbocycles. The Hall–Kier alpha value is -2.44. The number of anilines is 1. The summed E-state index contributed by atoms with van der Waals surface area (Å²) in [6.07, 6.45) is 0. The Kier molecular flexibility index (Phi) is 6.65. The third-order valence-electron chi connectivity index (χ3n) is 5.12. The number of hydrogen-bond donors (Lipinski definition) is 1. The maximum Gasteiger partial charge on any atom is 0.238 e.